The van der Waals surface area contributed by atoms with E-state index in [9.17, 15) is 0 Å². The fourth-order valence-electron chi connectivity index (χ4n) is 1.32. The van der Waals surface area contributed by atoms with Crippen molar-refractivity contribution in [2.75, 3.05) is 13.6 Å². The Hall–Kier alpha value is -0.600. The molecule has 1 N–H and O–H groups in total. The Kier molecular flexibility index (Phi) is 4.91. The number of hydrogen-bond donors (Lipinski definition) is 1. The maximum Gasteiger partial charge on any atom is 0.0247 e. The average Bonchev–Trinajstić information content (AvgIpc) is 2.20. The van der Waals surface area contributed by atoms with Crippen LogP contribution in [-0.2, 0) is 0 Å². The third-order valence-corrected chi connectivity index (χ3v) is 2.84. The minimum absolute atomic E-state index is 0.956. The van der Waals surface area contributed by atoms with E-state index in [0.717, 1.165) is 17.4 Å². The molecule has 0 saturated carbocycles. The van der Waals surface area contributed by atoms with Crippen molar-refractivity contribution in [2.45, 2.75) is 13.3 Å². The van der Waals surface area contributed by atoms with Crippen LogP contribution in [0.4, 0.5) is 0 Å². The molecule has 0 aromatic heterocycles. The van der Waals surface area contributed by atoms with E-state index in [0.29, 0.717) is 0 Å². The van der Waals surface area contributed by atoms with E-state index in [1.807, 2.05) is 13.1 Å². The lowest BCUT2D eigenvalue weighted by Crippen LogP contribution is -2.09. The lowest BCUT2D eigenvalue weighted by Gasteiger charge is -2.04. The van der Waals surface area contributed by atoms with E-state index in [2.05, 4.69) is 52.4 Å². The highest BCUT2D eigenvalue weighted by atomic mass is 79.9. The Morgan fingerprint density at radius 3 is 2.71 bits per heavy atom. The number of nitrogens with one attached hydrogen (secondary N) is 1. The lowest BCUT2D eigenvalue weighted by molar-refractivity contribution is 0.851. The Morgan fingerprint density at radius 1 is 1.43 bits per heavy atom. The van der Waals surface area contributed by atoms with Gasteiger partial charge in [0.25, 0.3) is 0 Å². The van der Waals surface area contributed by atoms with Gasteiger partial charge in [-0.25, -0.2) is 0 Å². The van der Waals surface area contributed by atoms with Gasteiger partial charge in [0, 0.05) is 11.0 Å². The predicted octanol–water partition coefficient (Wildman–Crippen LogP) is 3.46. The summed E-state index contributed by atoms with van der Waals surface area (Å²) in [6.07, 6.45) is 3.32. The van der Waals surface area contributed by atoms with E-state index in [-0.39, 0.29) is 0 Å². The van der Waals surface area contributed by atoms with Gasteiger partial charge in [-0.3, -0.25) is 0 Å². The van der Waals surface area contributed by atoms with Crippen LogP contribution in [0.1, 0.15) is 18.9 Å². The smallest absolute Gasteiger partial charge is 0.0247 e. The molecule has 0 aliphatic rings. The molecule has 2 heteroatoms. The molecule has 0 aliphatic heterocycles. The zero-order valence-corrected chi connectivity index (χ0v) is 10.3. The highest BCUT2D eigenvalue weighted by molar-refractivity contribution is 9.10. The van der Waals surface area contributed by atoms with Gasteiger partial charge in [0.15, 0.2) is 0 Å². The second-order valence-electron chi connectivity index (χ2n) is 3.21. The minimum Gasteiger partial charge on any atom is -0.316 e. The highest BCUT2D eigenvalue weighted by Gasteiger charge is 1.97. The zero-order valence-electron chi connectivity index (χ0n) is 8.68. The van der Waals surface area contributed by atoms with Crippen LogP contribution in [0.15, 0.2) is 34.3 Å². The van der Waals surface area contributed by atoms with Crippen LogP contribution in [0.5, 0.6) is 0 Å². The molecule has 0 heterocycles. The zero-order chi connectivity index (χ0) is 10.4. The number of halogens is 1. The van der Waals surface area contributed by atoms with Gasteiger partial charge in [-0.1, -0.05) is 52.7 Å². The van der Waals surface area contributed by atoms with Crippen molar-refractivity contribution in [2.24, 2.45) is 0 Å². The van der Waals surface area contributed by atoms with Crippen LogP contribution >= 0.6 is 15.9 Å². The van der Waals surface area contributed by atoms with Crippen molar-refractivity contribution < 1.29 is 0 Å². The number of rotatable bonds is 4. The van der Waals surface area contributed by atoms with Gasteiger partial charge in [-0.2, -0.15) is 0 Å². The topological polar surface area (TPSA) is 12.0 Å². The first kappa shape index (κ1) is 11.5. The highest BCUT2D eigenvalue weighted by Crippen LogP contribution is 2.19. The molecule has 0 amide bonds. The summed E-state index contributed by atoms with van der Waals surface area (Å²) >= 11 is 3.54. The van der Waals surface area contributed by atoms with Crippen molar-refractivity contribution in [1.29, 1.82) is 0 Å². The second kappa shape index (κ2) is 5.99. The third kappa shape index (κ3) is 3.28. The lowest BCUT2D eigenvalue weighted by atomic mass is 10.1. The van der Waals surface area contributed by atoms with Gasteiger partial charge >= 0.3 is 0 Å². The summed E-state index contributed by atoms with van der Waals surface area (Å²) in [4.78, 5) is 0. The van der Waals surface area contributed by atoms with Crippen molar-refractivity contribution in [3.8, 4) is 0 Å². The van der Waals surface area contributed by atoms with Crippen molar-refractivity contribution in [3.63, 3.8) is 0 Å². The number of hydrogen-bond acceptors (Lipinski definition) is 1. The largest absolute Gasteiger partial charge is 0.316 e. The summed E-state index contributed by atoms with van der Waals surface area (Å²) in [6, 6.07) is 8.28. The molecule has 1 aromatic rings. The van der Waals surface area contributed by atoms with Gasteiger partial charge in [-0.05, 0) is 25.1 Å². The first-order chi connectivity index (χ1) is 6.77. The fraction of sp³-hybridized carbons (Fsp3) is 0.333. The van der Waals surface area contributed by atoms with Crippen LogP contribution in [0.25, 0.3) is 6.08 Å². The van der Waals surface area contributed by atoms with E-state index in [4.69, 9.17) is 0 Å². The van der Waals surface area contributed by atoms with Crippen molar-refractivity contribution in [1.82, 2.24) is 5.32 Å². The van der Waals surface area contributed by atoms with Crippen LogP contribution in [0, 0.1) is 0 Å². The molecule has 0 spiro atoms. The van der Waals surface area contributed by atoms with Gasteiger partial charge in [-0.15, -0.1) is 0 Å². The molecule has 1 nitrogen and oxygen atoms in total. The molecular formula is C12H16BrN. The number of likely N-dealkylation sites (N-methyl/N-ethyl adjacent to an activating group) is 1. The monoisotopic (exact) mass is 253 g/mol. The van der Waals surface area contributed by atoms with Crippen molar-refractivity contribution >= 4 is 22.0 Å². The molecule has 0 saturated heterocycles. The molecule has 0 radical (unpaired) electrons. The van der Waals surface area contributed by atoms with Crippen LogP contribution in [0.3, 0.4) is 0 Å². The Labute approximate surface area is 94.3 Å². The minimum atomic E-state index is 0.956. The molecule has 0 bridgehead atoms. The normalized spacial score (nSPS) is 11.8. The first-order valence-corrected chi connectivity index (χ1v) is 5.65. The van der Waals surface area contributed by atoms with Crippen LogP contribution in [0.2, 0.25) is 0 Å². The molecule has 1 rings (SSSR count). The summed E-state index contributed by atoms with van der Waals surface area (Å²) in [5.74, 6) is 0. The molecule has 1 aromatic carbocycles. The maximum absolute atomic E-state index is 3.54. The van der Waals surface area contributed by atoms with E-state index in [1.54, 1.807) is 0 Å². The molecule has 14 heavy (non-hydrogen) atoms. The summed E-state index contributed by atoms with van der Waals surface area (Å²) in [6.45, 7) is 3.14. The van der Waals surface area contributed by atoms with E-state index in [1.165, 1.54) is 11.1 Å². The van der Waals surface area contributed by atoms with Gasteiger partial charge < -0.3 is 5.32 Å². The SMILES string of the molecule is CCC(=Cc1ccccc1Br)CNC. The summed E-state index contributed by atoms with van der Waals surface area (Å²) in [5, 5.41) is 3.17. The summed E-state index contributed by atoms with van der Waals surface area (Å²) in [5.41, 5.74) is 2.67. The summed E-state index contributed by atoms with van der Waals surface area (Å²) < 4.78 is 1.15. The van der Waals surface area contributed by atoms with Crippen LogP contribution < -0.4 is 5.32 Å². The van der Waals surface area contributed by atoms with Gasteiger partial charge in [0.1, 0.15) is 0 Å². The Balaban J connectivity index is 2.88. The van der Waals surface area contributed by atoms with Gasteiger partial charge in [0.2, 0.25) is 0 Å². The predicted molar refractivity (Wildman–Crippen MR) is 66.3 cm³/mol. The second-order valence-corrected chi connectivity index (χ2v) is 4.06. The van der Waals surface area contributed by atoms with E-state index < -0.39 is 0 Å². The molecule has 0 aliphatic carbocycles. The third-order valence-electron chi connectivity index (χ3n) is 2.12. The Bertz CT molecular complexity index is 318. The maximum atomic E-state index is 3.54. The average molecular weight is 254 g/mol. The number of benzene rings is 1. The first-order valence-electron chi connectivity index (χ1n) is 4.86. The molecule has 0 unspecified atom stereocenters. The Morgan fingerprint density at radius 2 is 2.14 bits per heavy atom. The van der Waals surface area contributed by atoms with Crippen LogP contribution in [-0.4, -0.2) is 13.6 Å². The fourth-order valence-corrected chi connectivity index (χ4v) is 1.72. The van der Waals surface area contributed by atoms with E-state index >= 15 is 0 Å². The molecule has 0 fully saturated rings. The van der Waals surface area contributed by atoms with Crippen molar-refractivity contribution in [3.05, 3.63) is 39.9 Å². The molecule has 0 atom stereocenters. The molecular weight excluding hydrogens is 238 g/mol. The quantitative estimate of drug-likeness (QED) is 0.867. The molecule has 76 valence electrons. The summed E-state index contributed by atoms with van der Waals surface area (Å²) in [7, 11) is 1.98. The van der Waals surface area contributed by atoms with Gasteiger partial charge in [0.05, 0.1) is 0 Å². The standard InChI is InChI=1S/C12H16BrN/c1-3-10(9-14-2)8-11-6-4-5-7-12(11)13/h4-8,14H,3,9H2,1-2H3.